The van der Waals surface area contributed by atoms with Crippen molar-refractivity contribution in [3.05, 3.63) is 101 Å². The Balaban J connectivity index is 0.780. The second kappa shape index (κ2) is 16.6. The summed E-state index contributed by atoms with van der Waals surface area (Å²) in [6, 6.07) is 20.7. The molecule has 5 aromatic rings. The molecular weight excluding hydrogens is 785 g/mol. The van der Waals surface area contributed by atoms with Gasteiger partial charge in [-0.2, -0.15) is 9.97 Å². The highest BCUT2D eigenvalue weighted by atomic mass is 35.5. The Morgan fingerprint density at radius 1 is 0.883 bits per heavy atom. The van der Waals surface area contributed by atoms with Gasteiger partial charge in [0.2, 0.25) is 0 Å². The first-order chi connectivity index (χ1) is 29.0. The zero-order valence-electron chi connectivity index (χ0n) is 34.4. The number of hydrogen-bond donors (Lipinski definition) is 0. The van der Waals surface area contributed by atoms with Gasteiger partial charge in [0.25, 0.3) is 0 Å². The highest BCUT2D eigenvalue weighted by molar-refractivity contribution is 6.30. The van der Waals surface area contributed by atoms with Crippen LogP contribution in [0.2, 0.25) is 5.15 Å². The quantitative estimate of drug-likeness (QED) is 0.127. The fourth-order valence-electron chi connectivity index (χ4n) is 9.57. The van der Waals surface area contributed by atoms with E-state index in [-0.39, 0.29) is 53.5 Å². The van der Waals surface area contributed by atoms with E-state index in [1.807, 2.05) is 61.0 Å². The van der Waals surface area contributed by atoms with Gasteiger partial charge < -0.3 is 28.6 Å². The molecule has 2 amide bonds. The van der Waals surface area contributed by atoms with E-state index in [0.29, 0.717) is 49.9 Å². The fourth-order valence-corrected chi connectivity index (χ4v) is 9.71. The number of fused-ring (bicyclic) bond motifs is 6. The number of benzene rings is 2. The van der Waals surface area contributed by atoms with Gasteiger partial charge in [-0.15, -0.1) is 0 Å². The Morgan fingerprint density at radius 2 is 1.57 bits per heavy atom. The molecule has 0 spiro atoms. The molecule has 14 heteroatoms. The summed E-state index contributed by atoms with van der Waals surface area (Å²) in [7, 11) is 0. The summed E-state index contributed by atoms with van der Waals surface area (Å²) in [5.74, 6) is 0.347. The molecule has 60 heavy (non-hydrogen) atoms. The van der Waals surface area contributed by atoms with Crippen LogP contribution >= 0.6 is 11.6 Å². The lowest BCUT2D eigenvalue weighted by atomic mass is 9.92. The second-order valence-electron chi connectivity index (χ2n) is 17.5. The lowest BCUT2D eigenvalue weighted by Crippen LogP contribution is -2.57. The summed E-state index contributed by atoms with van der Waals surface area (Å²) in [6.45, 7) is 9.32. The summed E-state index contributed by atoms with van der Waals surface area (Å²) < 4.78 is 35.5. The van der Waals surface area contributed by atoms with E-state index in [0.717, 1.165) is 50.8 Å². The Morgan fingerprint density at radius 3 is 2.25 bits per heavy atom. The number of likely N-dealkylation sites (tertiary alicyclic amines) is 1. The van der Waals surface area contributed by atoms with Gasteiger partial charge in [0, 0.05) is 51.0 Å². The van der Waals surface area contributed by atoms with Crippen molar-refractivity contribution in [2.45, 2.75) is 96.1 Å². The number of carbonyl (C=O) groups excluding carboxylic acids is 2. The third-order valence-corrected chi connectivity index (χ3v) is 12.7. The molecule has 0 unspecified atom stereocenters. The first-order valence-corrected chi connectivity index (χ1v) is 21.5. The van der Waals surface area contributed by atoms with Crippen LogP contribution in [0.25, 0.3) is 22.0 Å². The molecule has 3 fully saturated rings. The maximum atomic E-state index is 15.5. The average molecular weight is 836 g/mol. The smallest absolute Gasteiger partial charge is 0.410 e. The van der Waals surface area contributed by atoms with Gasteiger partial charge in [-0.3, -0.25) is 4.90 Å². The zero-order valence-corrected chi connectivity index (χ0v) is 35.1. The standard InChI is InChI=1S/C46H51ClFN7O5/c1-46(2,3)60-45(57)55-30-16-17-31(55)26-54(25-30)42-37-24-49-41(47)39(48)40(37)50-43(51-42)58-27-32-11-9-21-52(32)20-8-10-29-18-22-53(23-19-29)44(56)59-28-38-35-14-6-4-12-33(35)34-13-5-7-15-36(34)38/h4-7,9,11-15,21,24,29-31,38H,8,10,16-20,22-23,25-28H2,1-3H3/t30-,31-/m0/s1. The molecule has 0 N–H and O–H groups in total. The van der Waals surface area contributed by atoms with Crippen LogP contribution < -0.4 is 9.64 Å². The Hall–Kier alpha value is -5.43. The van der Waals surface area contributed by atoms with Gasteiger partial charge in [-0.1, -0.05) is 60.1 Å². The molecule has 3 aromatic heterocycles. The molecule has 0 saturated carbocycles. The first-order valence-electron chi connectivity index (χ1n) is 21.2. The number of anilines is 1. The van der Waals surface area contributed by atoms with Gasteiger partial charge in [-0.05, 0) is 99.6 Å². The molecule has 6 heterocycles. The molecule has 3 aliphatic heterocycles. The first kappa shape index (κ1) is 40.0. The van der Waals surface area contributed by atoms with E-state index >= 15 is 4.39 Å². The summed E-state index contributed by atoms with van der Waals surface area (Å²) in [5.41, 5.74) is 5.26. The third-order valence-electron chi connectivity index (χ3n) is 12.5. The molecule has 2 atom stereocenters. The third kappa shape index (κ3) is 8.08. The van der Waals surface area contributed by atoms with Crippen LogP contribution in [0.5, 0.6) is 6.01 Å². The van der Waals surface area contributed by atoms with E-state index in [1.165, 1.54) is 28.5 Å². The van der Waals surface area contributed by atoms with Crippen LogP contribution in [0.15, 0.2) is 73.1 Å². The van der Waals surface area contributed by atoms with Crippen molar-refractivity contribution in [1.29, 1.82) is 0 Å². The number of pyridine rings is 1. The van der Waals surface area contributed by atoms with Crippen LogP contribution in [0.4, 0.5) is 19.8 Å². The average Bonchev–Trinajstić information content (AvgIpc) is 3.91. The lowest BCUT2D eigenvalue weighted by molar-refractivity contribution is 0.0122. The van der Waals surface area contributed by atoms with Gasteiger partial charge in [0.1, 0.15) is 30.1 Å². The topological polar surface area (TPSA) is 115 Å². The molecule has 12 nitrogen and oxygen atoms in total. The zero-order chi connectivity index (χ0) is 41.5. The molecule has 0 radical (unpaired) electrons. The van der Waals surface area contributed by atoms with E-state index in [9.17, 15) is 9.59 Å². The predicted molar refractivity (Wildman–Crippen MR) is 227 cm³/mol. The molecule has 9 rings (SSSR count). The van der Waals surface area contributed by atoms with Crippen LogP contribution in [0.1, 0.15) is 82.0 Å². The number of amides is 2. The van der Waals surface area contributed by atoms with Crippen molar-refractivity contribution in [3.8, 4) is 17.1 Å². The minimum atomic E-state index is -0.731. The van der Waals surface area contributed by atoms with E-state index in [4.69, 9.17) is 30.8 Å². The van der Waals surface area contributed by atoms with E-state index in [1.54, 1.807) is 0 Å². The Bertz CT molecular complexity index is 2340. The number of hydrogen-bond acceptors (Lipinski definition) is 9. The Kier molecular flexibility index (Phi) is 11.0. The SMILES string of the molecule is CC(C)(C)OC(=O)N1[C@H]2CC[C@H]1CN(c1nc(OCc3cccn3CCCC3CCN(C(=O)OCC4c5ccccc5-c5ccccc54)CC3)nc3c(F)c(Cl)ncc13)C2. The van der Waals surface area contributed by atoms with Crippen molar-refractivity contribution in [3.63, 3.8) is 0 Å². The highest BCUT2D eigenvalue weighted by Crippen LogP contribution is 2.45. The normalized spacial score (nSPS) is 19.1. The number of rotatable bonds is 10. The van der Waals surface area contributed by atoms with Crippen molar-refractivity contribution in [2.24, 2.45) is 5.92 Å². The number of carbonyl (C=O) groups is 2. The van der Waals surface area contributed by atoms with Gasteiger partial charge in [-0.25, -0.2) is 19.0 Å². The highest BCUT2D eigenvalue weighted by Gasteiger charge is 2.45. The molecule has 1 aliphatic carbocycles. The van der Waals surface area contributed by atoms with Crippen molar-refractivity contribution < 1.29 is 28.2 Å². The predicted octanol–water partition coefficient (Wildman–Crippen LogP) is 9.23. The fraction of sp³-hybridized carbons (Fsp3) is 0.457. The van der Waals surface area contributed by atoms with Gasteiger partial charge in [0.05, 0.1) is 23.2 Å². The molecule has 2 aromatic carbocycles. The van der Waals surface area contributed by atoms with Crippen molar-refractivity contribution >= 4 is 40.5 Å². The number of piperidine rings is 1. The van der Waals surface area contributed by atoms with Crippen LogP contribution in [0, 0.1) is 11.7 Å². The maximum Gasteiger partial charge on any atom is 0.410 e. The Labute approximate surface area is 354 Å². The van der Waals surface area contributed by atoms with Gasteiger partial charge >= 0.3 is 18.2 Å². The number of halogens is 2. The number of piperazine rings is 1. The second-order valence-corrected chi connectivity index (χ2v) is 17.8. The summed E-state index contributed by atoms with van der Waals surface area (Å²) in [6.07, 6.45) is 8.57. The summed E-state index contributed by atoms with van der Waals surface area (Å²) >= 11 is 6.12. The number of nitrogens with zero attached hydrogens (tertiary/aromatic N) is 7. The van der Waals surface area contributed by atoms with Crippen molar-refractivity contribution in [2.75, 3.05) is 37.7 Å². The number of ether oxygens (including phenoxy) is 3. The number of aryl methyl sites for hydroxylation is 1. The number of aromatic nitrogens is 4. The molecule has 4 aliphatic rings. The largest absolute Gasteiger partial charge is 0.457 e. The van der Waals surface area contributed by atoms with Crippen LogP contribution in [-0.4, -0.2) is 92.0 Å². The molecule has 314 valence electrons. The van der Waals surface area contributed by atoms with Crippen molar-refractivity contribution in [1.82, 2.24) is 29.3 Å². The van der Waals surface area contributed by atoms with E-state index in [2.05, 4.69) is 55.8 Å². The van der Waals surface area contributed by atoms with Gasteiger partial charge in [0.15, 0.2) is 11.0 Å². The molecular formula is C46H51ClFN7O5. The molecule has 3 saturated heterocycles. The maximum absolute atomic E-state index is 15.5. The summed E-state index contributed by atoms with van der Waals surface area (Å²) in [5, 5.41) is 0.159. The van der Waals surface area contributed by atoms with Crippen LogP contribution in [-0.2, 0) is 22.6 Å². The minimum absolute atomic E-state index is 0.0384. The summed E-state index contributed by atoms with van der Waals surface area (Å²) in [4.78, 5) is 45.4. The lowest BCUT2D eigenvalue weighted by Gasteiger charge is -2.42. The minimum Gasteiger partial charge on any atom is -0.457 e. The van der Waals surface area contributed by atoms with Crippen LogP contribution in [0.3, 0.4) is 0 Å². The molecule has 2 bridgehead atoms. The monoisotopic (exact) mass is 835 g/mol. The van der Waals surface area contributed by atoms with E-state index < -0.39 is 11.4 Å².